The van der Waals surface area contributed by atoms with Crippen molar-refractivity contribution >= 4 is 15.9 Å². The Balaban J connectivity index is 2.36. The van der Waals surface area contributed by atoms with Crippen LogP contribution in [0.5, 0.6) is 0 Å². The van der Waals surface area contributed by atoms with Crippen molar-refractivity contribution in [2.45, 2.75) is 45.7 Å². The highest BCUT2D eigenvalue weighted by Crippen LogP contribution is 2.31. The van der Waals surface area contributed by atoms with Crippen LogP contribution < -0.4 is 14.3 Å². The minimum absolute atomic E-state index is 0.107. The lowest BCUT2D eigenvalue weighted by Crippen LogP contribution is -2.45. The zero-order valence-corrected chi connectivity index (χ0v) is 14.0. The van der Waals surface area contributed by atoms with Crippen molar-refractivity contribution in [3.05, 3.63) is 29.3 Å². The molecule has 0 fully saturated rings. The molecule has 2 rings (SSSR count). The Bertz CT molecular complexity index is 599. The number of nitrogens with one attached hydrogen (secondary N) is 2. The molecule has 1 aromatic rings. The topological polar surface area (TPSA) is 61.4 Å². The Kier molecular flexibility index (Phi) is 4.91. The fraction of sp³-hybridized carbons (Fsp3) is 0.600. The maximum atomic E-state index is 12.4. The number of hydrogen-bond donors (Lipinski definition) is 2. The van der Waals surface area contributed by atoms with Crippen LogP contribution in [0.3, 0.4) is 0 Å². The Hall–Kier alpha value is -1.11. The molecule has 1 aliphatic heterocycles. The molecule has 1 heterocycles. The molecule has 0 aromatic heterocycles. The first-order chi connectivity index (χ1) is 9.85. The second-order valence-corrected chi connectivity index (χ2v) is 7.48. The van der Waals surface area contributed by atoms with E-state index < -0.39 is 10.2 Å². The SMILES string of the molecule is CNC(C)c1ccc2c(c1)CCCN2S(=O)(=O)NC(C)C. The molecular weight excluding hydrogens is 286 g/mol. The van der Waals surface area contributed by atoms with Gasteiger partial charge in [0.05, 0.1) is 5.69 Å². The summed E-state index contributed by atoms with van der Waals surface area (Å²) in [5.41, 5.74) is 3.10. The second-order valence-electron chi connectivity index (χ2n) is 5.85. The van der Waals surface area contributed by atoms with Gasteiger partial charge in [-0.2, -0.15) is 13.1 Å². The van der Waals surface area contributed by atoms with Crippen molar-refractivity contribution in [2.24, 2.45) is 0 Å². The summed E-state index contributed by atoms with van der Waals surface area (Å²) < 4.78 is 29.0. The van der Waals surface area contributed by atoms with E-state index >= 15 is 0 Å². The molecule has 6 heteroatoms. The molecule has 0 radical (unpaired) electrons. The molecular formula is C15H25N3O2S. The number of benzene rings is 1. The van der Waals surface area contributed by atoms with Gasteiger partial charge in [0.1, 0.15) is 0 Å². The van der Waals surface area contributed by atoms with Crippen molar-refractivity contribution in [1.82, 2.24) is 10.0 Å². The van der Waals surface area contributed by atoms with Crippen LogP contribution in [-0.2, 0) is 16.6 Å². The van der Waals surface area contributed by atoms with Gasteiger partial charge in [0.2, 0.25) is 0 Å². The Morgan fingerprint density at radius 1 is 1.24 bits per heavy atom. The van der Waals surface area contributed by atoms with Gasteiger partial charge in [0.25, 0.3) is 0 Å². The van der Waals surface area contributed by atoms with Gasteiger partial charge >= 0.3 is 10.2 Å². The highest BCUT2D eigenvalue weighted by atomic mass is 32.2. The maximum absolute atomic E-state index is 12.4. The van der Waals surface area contributed by atoms with Crippen LogP contribution in [0.1, 0.15) is 44.4 Å². The highest BCUT2D eigenvalue weighted by molar-refractivity contribution is 7.90. The van der Waals surface area contributed by atoms with E-state index in [0.29, 0.717) is 6.54 Å². The summed E-state index contributed by atoms with van der Waals surface area (Å²) in [5.74, 6) is 0. The Morgan fingerprint density at radius 3 is 2.57 bits per heavy atom. The highest BCUT2D eigenvalue weighted by Gasteiger charge is 2.28. The predicted octanol–water partition coefficient (Wildman–Crippen LogP) is 1.96. The number of fused-ring (bicyclic) bond motifs is 1. The molecule has 5 nitrogen and oxygen atoms in total. The second kappa shape index (κ2) is 6.34. The molecule has 0 bridgehead atoms. The molecule has 0 saturated carbocycles. The van der Waals surface area contributed by atoms with E-state index in [2.05, 4.69) is 23.0 Å². The Morgan fingerprint density at radius 2 is 1.95 bits per heavy atom. The Labute approximate surface area is 127 Å². The molecule has 1 aliphatic rings. The van der Waals surface area contributed by atoms with Crippen molar-refractivity contribution in [3.63, 3.8) is 0 Å². The van der Waals surface area contributed by atoms with Crippen LogP contribution in [0.4, 0.5) is 5.69 Å². The summed E-state index contributed by atoms with van der Waals surface area (Å²) >= 11 is 0. The molecule has 2 N–H and O–H groups in total. The largest absolute Gasteiger partial charge is 0.313 e. The molecule has 0 aliphatic carbocycles. The van der Waals surface area contributed by atoms with E-state index in [0.717, 1.165) is 24.1 Å². The monoisotopic (exact) mass is 311 g/mol. The fourth-order valence-electron chi connectivity index (χ4n) is 2.63. The minimum atomic E-state index is -3.47. The first-order valence-corrected chi connectivity index (χ1v) is 8.89. The smallest absolute Gasteiger partial charge is 0.301 e. The van der Waals surface area contributed by atoms with Gasteiger partial charge in [-0.05, 0) is 57.9 Å². The van der Waals surface area contributed by atoms with Crippen molar-refractivity contribution in [2.75, 3.05) is 17.9 Å². The van der Waals surface area contributed by atoms with Crippen molar-refractivity contribution in [3.8, 4) is 0 Å². The van der Waals surface area contributed by atoms with E-state index in [4.69, 9.17) is 0 Å². The van der Waals surface area contributed by atoms with Crippen LogP contribution in [0.2, 0.25) is 0 Å². The van der Waals surface area contributed by atoms with Gasteiger partial charge in [-0.15, -0.1) is 0 Å². The molecule has 0 spiro atoms. The van der Waals surface area contributed by atoms with E-state index in [1.54, 1.807) is 0 Å². The average molecular weight is 311 g/mol. The van der Waals surface area contributed by atoms with E-state index in [-0.39, 0.29) is 12.1 Å². The number of aryl methyl sites for hydroxylation is 1. The summed E-state index contributed by atoms with van der Waals surface area (Å²) in [4.78, 5) is 0. The van der Waals surface area contributed by atoms with E-state index in [1.807, 2.05) is 33.0 Å². The zero-order valence-electron chi connectivity index (χ0n) is 13.2. The lowest BCUT2D eigenvalue weighted by Gasteiger charge is -2.31. The molecule has 1 atom stereocenters. The summed E-state index contributed by atoms with van der Waals surface area (Å²) in [6.07, 6.45) is 1.77. The van der Waals surface area contributed by atoms with E-state index in [9.17, 15) is 8.42 Å². The van der Waals surface area contributed by atoms with Crippen LogP contribution in [0.25, 0.3) is 0 Å². The maximum Gasteiger partial charge on any atom is 0.301 e. The first-order valence-electron chi connectivity index (χ1n) is 7.45. The quantitative estimate of drug-likeness (QED) is 0.874. The number of anilines is 1. The van der Waals surface area contributed by atoms with Crippen LogP contribution in [-0.4, -0.2) is 28.1 Å². The lowest BCUT2D eigenvalue weighted by atomic mass is 9.98. The van der Waals surface area contributed by atoms with Gasteiger partial charge < -0.3 is 5.32 Å². The normalized spacial score (nSPS) is 16.9. The average Bonchev–Trinajstić information content (AvgIpc) is 2.43. The third-order valence-corrected chi connectivity index (χ3v) is 5.52. The third-order valence-electron chi connectivity index (χ3n) is 3.79. The van der Waals surface area contributed by atoms with Crippen LogP contribution >= 0.6 is 0 Å². The third kappa shape index (κ3) is 3.56. The molecule has 118 valence electrons. The van der Waals surface area contributed by atoms with Gasteiger partial charge in [-0.3, -0.25) is 4.31 Å². The number of rotatable bonds is 5. The first kappa shape index (κ1) is 16.3. The lowest BCUT2D eigenvalue weighted by molar-refractivity contribution is 0.560. The fourth-order valence-corrected chi connectivity index (χ4v) is 4.16. The number of nitrogens with zero attached hydrogens (tertiary/aromatic N) is 1. The van der Waals surface area contributed by atoms with Crippen molar-refractivity contribution < 1.29 is 8.42 Å². The van der Waals surface area contributed by atoms with Crippen LogP contribution in [0, 0.1) is 0 Å². The summed E-state index contributed by atoms with van der Waals surface area (Å²) in [5, 5.41) is 3.21. The van der Waals surface area contributed by atoms with Gasteiger partial charge in [-0.1, -0.05) is 12.1 Å². The summed E-state index contributed by atoms with van der Waals surface area (Å²) in [6, 6.07) is 6.20. The molecule has 0 saturated heterocycles. The standard InChI is InChI=1S/C15H25N3O2S/c1-11(2)17-21(19,20)18-9-5-6-14-10-13(12(3)16-4)7-8-15(14)18/h7-8,10-12,16-17H,5-6,9H2,1-4H3. The predicted molar refractivity (Wildman–Crippen MR) is 86.8 cm³/mol. The van der Waals surface area contributed by atoms with E-state index in [1.165, 1.54) is 9.87 Å². The van der Waals surface area contributed by atoms with Gasteiger partial charge in [0, 0.05) is 18.6 Å². The molecule has 1 unspecified atom stereocenters. The van der Waals surface area contributed by atoms with Crippen LogP contribution in [0.15, 0.2) is 18.2 Å². The molecule has 21 heavy (non-hydrogen) atoms. The summed E-state index contributed by atoms with van der Waals surface area (Å²) in [7, 11) is -1.54. The number of hydrogen-bond acceptors (Lipinski definition) is 3. The minimum Gasteiger partial charge on any atom is -0.313 e. The van der Waals surface area contributed by atoms with Gasteiger partial charge in [-0.25, -0.2) is 0 Å². The molecule has 0 amide bonds. The zero-order chi connectivity index (χ0) is 15.6. The summed E-state index contributed by atoms with van der Waals surface area (Å²) in [6.45, 7) is 6.30. The van der Waals surface area contributed by atoms with Gasteiger partial charge in [0.15, 0.2) is 0 Å². The van der Waals surface area contributed by atoms with Crippen molar-refractivity contribution in [1.29, 1.82) is 0 Å². The molecule has 1 aromatic carbocycles.